The summed E-state index contributed by atoms with van der Waals surface area (Å²) in [5.41, 5.74) is 5.27. The minimum Gasteiger partial charge on any atom is -0.332 e. The predicted octanol–water partition coefficient (Wildman–Crippen LogP) is 3.41. The van der Waals surface area contributed by atoms with Crippen LogP contribution in [0.1, 0.15) is 23.9 Å². The third-order valence-corrected chi connectivity index (χ3v) is 3.60. The van der Waals surface area contributed by atoms with E-state index < -0.39 is 0 Å². The largest absolute Gasteiger partial charge is 0.332 e. The van der Waals surface area contributed by atoms with Gasteiger partial charge in [-0.05, 0) is 44.1 Å². The molecule has 0 aliphatic rings. The van der Waals surface area contributed by atoms with Gasteiger partial charge in [-0.3, -0.25) is 4.68 Å². The fourth-order valence-electron chi connectivity index (χ4n) is 2.17. The summed E-state index contributed by atoms with van der Waals surface area (Å²) in [5.74, 6) is 0. The molecule has 0 spiro atoms. The van der Waals surface area contributed by atoms with Crippen molar-refractivity contribution >= 4 is 28.7 Å². The summed E-state index contributed by atoms with van der Waals surface area (Å²) in [5, 5.41) is 11.5. The van der Waals surface area contributed by atoms with Crippen LogP contribution in [-0.2, 0) is 13.5 Å². The Morgan fingerprint density at radius 3 is 2.55 bits per heavy atom. The first-order valence-electron chi connectivity index (χ1n) is 6.69. The molecule has 0 radical (unpaired) electrons. The average molecular weight is 288 g/mol. The number of aryl methyl sites for hydroxylation is 3. The minimum absolute atomic E-state index is 0.588. The molecule has 0 saturated carbocycles. The summed E-state index contributed by atoms with van der Waals surface area (Å²) in [6, 6.07) is 8.18. The number of nitrogens with zero attached hydrogens (tertiary/aromatic N) is 2. The fraction of sp³-hybridized carbons (Fsp3) is 0.333. The van der Waals surface area contributed by atoms with Crippen LogP contribution in [0.2, 0.25) is 0 Å². The number of rotatable bonds is 3. The van der Waals surface area contributed by atoms with E-state index >= 15 is 0 Å². The van der Waals surface area contributed by atoms with Crippen LogP contribution in [0.3, 0.4) is 0 Å². The lowest BCUT2D eigenvalue weighted by Crippen LogP contribution is -2.20. The normalized spacial score (nSPS) is 10.4. The first-order valence-corrected chi connectivity index (χ1v) is 7.09. The highest BCUT2D eigenvalue weighted by Crippen LogP contribution is 2.20. The number of anilines is 2. The number of thiocarbonyl (C=S) groups is 1. The third-order valence-electron chi connectivity index (χ3n) is 3.39. The van der Waals surface area contributed by atoms with Crippen molar-refractivity contribution in [2.24, 2.45) is 7.05 Å². The molecule has 2 aromatic rings. The topological polar surface area (TPSA) is 41.9 Å². The second-order valence-electron chi connectivity index (χ2n) is 4.76. The minimum atomic E-state index is 0.588. The molecule has 0 saturated heterocycles. The van der Waals surface area contributed by atoms with Crippen molar-refractivity contribution in [2.75, 3.05) is 10.6 Å². The molecule has 106 valence electrons. The number of benzene rings is 1. The van der Waals surface area contributed by atoms with Gasteiger partial charge in [0.2, 0.25) is 0 Å². The van der Waals surface area contributed by atoms with E-state index in [9.17, 15) is 0 Å². The smallest absolute Gasteiger partial charge is 0.175 e. The maximum absolute atomic E-state index is 5.39. The number of aromatic nitrogens is 2. The molecule has 0 bridgehead atoms. The van der Waals surface area contributed by atoms with Crippen molar-refractivity contribution in [3.63, 3.8) is 0 Å². The lowest BCUT2D eigenvalue weighted by molar-refractivity contribution is 0.731. The highest BCUT2D eigenvalue weighted by Gasteiger charge is 2.11. The highest BCUT2D eigenvalue weighted by atomic mass is 32.1. The van der Waals surface area contributed by atoms with Crippen LogP contribution in [0.15, 0.2) is 24.3 Å². The first-order chi connectivity index (χ1) is 9.52. The Kier molecular flexibility index (Phi) is 4.39. The van der Waals surface area contributed by atoms with Gasteiger partial charge in [0.05, 0.1) is 17.1 Å². The summed E-state index contributed by atoms with van der Waals surface area (Å²) in [6.07, 6.45) is 0.969. The van der Waals surface area contributed by atoms with E-state index in [-0.39, 0.29) is 0 Å². The number of hydrogen-bond donors (Lipinski definition) is 2. The number of nitrogens with one attached hydrogen (secondary N) is 2. The van der Waals surface area contributed by atoms with Crippen molar-refractivity contribution < 1.29 is 0 Å². The molecule has 0 amide bonds. The Morgan fingerprint density at radius 1 is 1.25 bits per heavy atom. The van der Waals surface area contributed by atoms with Gasteiger partial charge in [-0.15, -0.1) is 0 Å². The summed E-state index contributed by atoms with van der Waals surface area (Å²) in [7, 11) is 1.93. The zero-order valence-corrected chi connectivity index (χ0v) is 13.1. The molecule has 1 aromatic heterocycles. The first kappa shape index (κ1) is 14.5. The van der Waals surface area contributed by atoms with E-state index in [1.165, 1.54) is 5.56 Å². The van der Waals surface area contributed by atoms with Gasteiger partial charge in [-0.1, -0.05) is 25.1 Å². The van der Waals surface area contributed by atoms with Gasteiger partial charge in [0.1, 0.15) is 0 Å². The van der Waals surface area contributed by atoms with E-state index in [4.69, 9.17) is 12.2 Å². The van der Waals surface area contributed by atoms with E-state index in [2.05, 4.69) is 28.7 Å². The molecule has 0 fully saturated rings. The summed E-state index contributed by atoms with van der Waals surface area (Å²) in [4.78, 5) is 0. The Labute approximate surface area is 125 Å². The van der Waals surface area contributed by atoms with Crippen molar-refractivity contribution in [1.29, 1.82) is 0 Å². The van der Waals surface area contributed by atoms with Gasteiger partial charge >= 0.3 is 0 Å². The summed E-state index contributed by atoms with van der Waals surface area (Å²) >= 11 is 5.39. The van der Waals surface area contributed by atoms with Crippen LogP contribution >= 0.6 is 12.2 Å². The van der Waals surface area contributed by atoms with E-state index in [0.29, 0.717) is 5.11 Å². The molecule has 4 nitrogen and oxygen atoms in total. The summed E-state index contributed by atoms with van der Waals surface area (Å²) < 4.78 is 1.85. The van der Waals surface area contributed by atoms with Crippen LogP contribution in [0, 0.1) is 13.8 Å². The van der Waals surface area contributed by atoms with Crippen LogP contribution in [0.25, 0.3) is 0 Å². The van der Waals surface area contributed by atoms with Gasteiger partial charge < -0.3 is 10.6 Å². The molecular weight excluding hydrogens is 268 g/mol. The Balaban J connectivity index is 2.13. The standard InChI is InChI=1S/C15H20N4S/c1-5-12-8-6-7-9-13(12)16-15(20)17-14-10(2)18-19(4)11(14)3/h6-9H,5H2,1-4H3,(H2,16,17,20). The molecular formula is C15H20N4S. The SMILES string of the molecule is CCc1ccccc1NC(=S)Nc1c(C)nn(C)c1C. The number of hydrogen-bond acceptors (Lipinski definition) is 2. The molecule has 2 rings (SSSR count). The summed E-state index contributed by atoms with van der Waals surface area (Å²) in [6.45, 7) is 6.12. The highest BCUT2D eigenvalue weighted by molar-refractivity contribution is 7.80. The van der Waals surface area contributed by atoms with Gasteiger partial charge in [0, 0.05) is 12.7 Å². The molecule has 2 N–H and O–H groups in total. The van der Waals surface area contributed by atoms with E-state index in [1.54, 1.807) is 0 Å². The van der Waals surface area contributed by atoms with Crippen molar-refractivity contribution in [3.8, 4) is 0 Å². The molecule has 5 heteroatoms. The molecule has 1 aromatic carbocycles. The van der Waals surface area contributed by atoms with Gasteiger partial charge in [0.15, 0.2) is 5.11 Å². The maximum atomic E-state index is 5.39. The zero-order valence-electron chi connectivity index (χ0n) is 12.3. The predicted molar refractivity (Wildman–Crippen MR) is 88.3 cm³/mol. The molecule has 1 heterocycles. The van der Waals surface area contributed by atoms with Crippen molar-refractivity contribution in [1.82, 2.24) is 9.78 Å². The maximum Gasteiger partial charge on any atom is 0.175 e. The Morgan fingerprint density at radius 2 is 1.95 bits per heavy atom. The zero-order chi connectivity index (χ0) is 14.7. The van der Waals surface area contributed by atoms with Crippen LogP contribution in [-0.4, -0.2) is 14.9 Å². The van der Waals surface area contributed by atoms with Crippen molar-refractivity contribution in [3.05, 3.63) is 41.2 Å². The average Bonchev–Trinajstić information content (AvgIpc) is 2.66. The second kappa shape index (κ2) is 6.05. The Hall–Kier alpha value is -1.88. The van der Waals surface area contributed by atoms with Crippen LogP contribution in [0.4, 0.5) is 11.4 Å². The lowest BCUT2D eigenvalue weighted by atomic mass is 10.1. The van der Waals surface area contributed by atoms with Gasteiger partial charge in [-0.25, -0.2) is 0 Å². The van der Waals surface area contributed by atoms with Gasteiger partial charge in [0.25, 0.3) is 0 Å². The molecule has 0 unspecified atom stereocenters. The van der Waals surface area contributed by atoms with E-state index in [0.717, 1.165) is 29.2 Å². The third kappa shape index (κ3) is 2.99. The van der Waals surface area contributed by atoms with Gasteiger partial charge in [-0.2, -0.15) is 5.10 Å². The quantitative estimate of drug-likeness (QED) is 0.849. The van der Waals surface area contributed by atoms with E-state index in [1.807, 2.05) is 43.8 Å². The fourth-order valence-corrected chi connectivity index (χ4v) is 2.38. The van der Waals surface area contributed by atoms with Crippen LogP contribution in [0.5, 0.6) is 0 Å². The molecule has 20 heavy (non-hydrogen) atoms. The van der Waals surface area contributed by atoms with Crippen molar-refractivity contribution in [2.45, 2.75) is 27.2 Å². The number of para-hydroxylation sites is 1. The molecule has 0 atom stereocenters. The monoisotopic (exact) mass is 288 g/mol. The molecule has 0 aliphatic heterocycles. The molecule has 0 aliphatic carbocycles. The lowest BCUT2D eigenvalue weighted by Gasteiger charge is -2.13. The second-order valence-corrected chi connectivity index (χ2v) is 5.17. The van der Waals surface area contributed by atoms with Crippen LogP contribution < -0.4 is 10.6 Å². The Bertz CT molecular complexity index is 631.